The van der Waals surface area contributed by atoms with E-state index in [0.29, 0.717) is 11.7 Å². The van der Waals surface area contributed by atoms with Crippen LogP contribution in [0.5, 0.6) is 0 Å². The third-order valence-electron chi connectivity index (χ3n) is 3.37. The molecule has 0 aliphatic carbocycles. The SMILES string of the molecule is Cc1ccc(-c2noc(CNC(=O)c3c(Cl)cccc3Cl)n2)cc1. The monoisotopic (exact) mass is 361 g/mol. The predicted octanol–water partition coefficient (Wildman–Crippen LogP) is 4.28. The van der Waals surface area contributed by atoms with E-state index in [9.17, 15) is 4.79 Å². The number of nitrogens with zero attached hydrogens (tertiary/aromatic N) is 2. The van der Waals surface area contributed by atoms with Crippen LogP contribution in [0.25, 0.3) is 11.4 Å². The fraction of sp³-hybridized carbons (Fsp3) is 0.118. The number of carbonyl (C=O) groups is 1. The van der Waals surface area contributed by atoms with Crippen molar-refractivity contribution in [2.24, 2.45) is 0 Å². The van der Waals surface area contributed by atoms with Crippen molar-refractivity contribution in [3.05, 3.63) is 69.5 Å². The van der Waals surface area contributed by atoms with Gasteiger partial charge in [0.25, 0.3) is 5.91 Å². The molecule has 0 saturated heterocycles. The molecule has 3 aromatic rings. The van der Waals surface area contributed by atoms with E-state index >= 15 is 0 Å². The first-order chi connectivity index (χ1) is 11.5. The van der Waals surface area contributed by atoms with Crippen molar-refractivity contribution in [2.45, 2.75) is 13.5 Å². The van der Waals surface area contributed by atoms with Crippen LogP contribution in [0, 0.1) is 6.92 Å². The average molecular weight is 362 g/mol. The molecule has 0 aliphatic rings. The highest BCUT2D eigenvalue weighted by Gasteiger charge is 2.16. The van der Waals surface area contributed by atoms with Crippen LogP contribution < -0.4 is 5.32 Å². The number of halogens is 2. The number of benzene rings is 2. The Hall–Kier alpha value is -2.37. The molecule has 24 heavy (non-hydrogen) atoms. The lowest BCUT2D eigenvalue weighted by atomic mass is 10.1. The summed E-state index contributed by atoms with van der Waals surface area (Å²) in [6.45, 7) is 2.08. The Balaban J connectivity index is 1.69. The number of nitrogens with one attached hydrogen (secondary N) is 1. The summed E-state index contributed by atoms with van der Waals surface area (Å²) in [5.41, 5.74) is 2.21. The number of rotatable bonds is 4. The fourth-order valence-electron chi connectivity index (χ4n) is 2.11. The van der Waals surface area contributed by atoms with E-state index in [-0.39, 0.29) is 22.2 Å². The lowest BCUT2D eigenvalue weighted by molar-refractivity contribution is 0.0946. The van der Waals surface area contributed by atoms with Crippen LogP contribution in [0.1, 0.15) is 21.8 Å². The minimum absolute atomic E-state index is 0.0826. The summed E-state index contributed by atoms with van der Waals surface area (Å²) in [4.78, 5) is 16.5. The quantitative estimate of drug-likeness (QED) is 0.752. The topological polar surface area (TPSA) is 68.0 Å². The van der Waals surface area contributed by atoms with Crippen molar-refractivity contribution in [3.63, 3.8) is 0 Å². The molecule has 0 fully saturated rings. The molecule has 0 atom stereocenters. The number of amides is 1. The van der Waals surface area contributed by atoms with Gasteiger partial charge < -0.3 is 9.84 Å². The fourth-order valence-corrected chi connectivity index (χ4v) is 2.67. The molecule has 5 nitrogen and oxygen atoms in total. The molecule has 0 radical (unpaired) electrons. The van der Waals surface area contributed by atoms with E-state index < -0.39 is 5.91 Å². The van der Waals surface area contributed by atoms with Gasteiger partial charge in [0.05, 0.1) is 22.2 Å². The molecular formula is C17H13Cl2N3O2. The first kappa shape index (κ1) is 16.5. The second kappa shape index (κ2) is 7.03. The molecule has 122 valence electrons. The van der Waals surface area contributed by atoms with Gasteiger partial charge in [-0.05, 0) is 19.1 Å². The maximum atomic E-state index is 12.2. The lowest BCUT2D eigenvalue weighted by Crippen LogP contribution is -2.23. The van der Waals surface area contributed by atoms with E-state index in [4.69, 9.17) is 27.7 Å². The van der Waals surface area contributed by atoms with E-state index in [2.05, 4.69) is 15.5 Å². The molecule has 3 rings (SSSR count). The van der Waals surface area contributed by atoms with Crippen LogP contribution in [-0.4, -0.2) is 16.0 Å². The van der Waals surface area contributed by atoms with Crippen molar-refractivity contribution in [1.82, 2.24) is 15.5 Å². The van der Waals surface area contributed by atoms with Crippen molar-refractivity contribution in [3.8, 4) is 11.4 Å². The molecule has 0 spiro atoms. The zero-order valence-corrected chi connectivity index (χ0v) is 14.2. The van der Waals surface area contributed by atoms with Gasteiger partial charge in [0.2, 0.25) is 11.7 Å². The van der Waals surface area contributed by atoms with Gasteiger partial charge in [-0.25, -0.2) is 0 Å². The Bertz CT molecular complexity index is 856. The van der Waals surface area contributed by atoms with Gasteiger partial charge in [0.15, 0.2) is 0 Å². The average Bonchev–Trinajstić information content (AvgIpc) is 3.02. The normalized spacial score (nSPS) is 10.6. The Morgan fingerprint density at radius 1 is 1.12 bits per heavy atom. The van der Waals surface area contributed by atoms with Gasteiger partial charge in [-0.2, -0.15) is 4.98 Å². The summed E-state index contributed by atoms with van der Waals surface area (Å²) in [5, 5.41) is 7.15. The summed E-state index contributed by atoms with van der Waals surface area (Å²) >= 11 is 12.0. The summed E-state index contributed by atoms with van der Waals surface area (Å²) in [7, 11) is 0. The van der Waals surface area contributed by atoms with Gasteiger partial charge in [-0.15, -0.1) is 0 Å². The molecule has 2 aromatic carbocycles. The van der Waals surface area contributed by atoms with Crippen LogP contribution in [0.3, 0.4) is 0 Å². The smallest absolute Gasteiger partial charge is 0.254 e. The summed E-state index contributed by atoms with van der Waals surface area (Å²) in [6.07, 6.45) is 0. The molecule has 0 unspecified atom stereocenters. The third kappa shape index (κ3) is 3.58. The van der Waals surface area contributed by atoms with Crippen LogP contribution in [0.4, 0.5) is 0 Å². The second-order valence-corrected chi connectivity index (χ2v) is 5.97. The van der Waals surface area contributed by atoms with E-state index in [1.54, 1.807) is 18.2 Å². The standard InChI is InChI=1S/C17H13Cl2N3O2/c1-10-5-7-11(8-6-10)16-21-14(24-22-16)9-20-17(23)15-12(18)3-2-4-13(15)19/h2-8H,9H2,1H3,(H,20,23). The zero-order valence-electron chi connectivity index (χ0n) is 12.7. The highest BCUT2D eigenvalue weighted by Crippen LogP contribution is 2.24. The molecule has 7 heteroatoms. The molecule has 1 heterocycles. The summed E-state index contributed by atoms with van der Waals surface area (Å²) in [5.74, 6) is 0.359. The minimum Gasteiger partial charge on any atom is -0.343 e. The highest BCUT2D eigenvalue weighted by atomic mass is 35.5. The van der Waals surface area contributed by atoms with Gasteiger partial charge >= 0.3 is 0 Å². The lowest BCUT2D eigenvalue weighted by Gasteiger charge is -2.06. The Morgan fingerprint density at radius 2 is 1.79 bits per heavy atom. The summed E-state index contributed by atoms with van der Waals surface area (Å²) in [6, 6.07) is 12.6. The maximum Gasteiger partial charge on any atom is 0.254 e. The second-order valence-electron chi connectivity index (χ2n) is 5.16. The van der Waals surface area contributed by atoms with Gasteiger partial charge in [0.1, 0.15) is 0 Å². The first-order valence-corrected chi connectivity index (χ1v) is 7.92. The first-order valence-electron chi connectivity index (χ1n) is 7.16. The van der Waals surface area contributed by atoms with Crippen LogP contribution >= 0.6 is 23.2 Å². The van der Waals surface area contributed by atoms with Gasteiger partial charge in [-0.1, -0.05) is 64.3 Å². The molecule has 1 aromatic heterocycles. The zero-order chi connectivity index (χ0) is 17.1. The molecule has 0 aliphatic heterocycles. The number of carbonyl (C=O) groups excluding carboxylic acids is 1. The van der Waals surface area contributed by atoms with Crippen molar-refractivity contribution in [1.29, 1.82) is 0 Å². The third-order valence-corrected chi connectivity index (χ3v) is 4.00. The predicted molar refractivity (Wildman–Crippen MR) is 92.1 cm³/mol. The maximum absolute atomic E-state index is 12.2. The van der Waals surface area contributed by atoms with E-state index in [0.717, 1.165) is 11.1 Å². The number of hydrogen-bond donors (Lipinski definition) is 1. The Morgan fingerprint density at radius 3 is 2.46 bits per heavy atom. The molecule has 1 N–H and O–H groups in total. The Labute approximate surface area is 148 Å². The molecule has 0 bridgehead atoms. The van der Waals surface area contributed by atoms with E-state index in [1.807, 2.05) is 31.2 Å². The van der Waals surface area contributed by atoms with Crippen molar-refractivity contribution < 1.29 is 9.32 Å². The minimum atomic E-state index is -0.402. The molecular weight excluding hydrogens is 349 g/mol. The number of hydrogen-bond acceptors (Lipinski definition) is 4. The van der Waals surface area contributed by atoms with Gasteiger partial charge in [-0.3, -0.25) is 4.79 Å². The van der Waals surface area contributed by atoms with Gasteiger partial charge in [0, 0.05) is 5.56 Å². The summed E-state index contributed by atoms with van der Waals surface area (Å²) < 4.78 is 5.15. The van der Waals surface area contributed by atoms with E-state index in [1.165, 1.54) is 0 Å². The van der Waals surface area contributed by atoms with Crippen LogP contribution in [0.15, 0.2) is 47.0 Å². The molecule has 0 saturated carbocycles. The number of aromatic nitrogens is 2. The van der Waals surface area contributed by atoms with Crippen molar-refractivity contribution in [2.75, 3.05) is 0 Å². The van der Waals surface area contributed by atoms with Crippen LogP contribution in [-0.2, 0) is 6.54 Å². The van der Waals surface area contributed by atoms with Crippen molar-refractivity contribution >= 4 is 29.1 Å². The Kier molecular flexibility index (Phi) is 4.83. The largest absolute Gasteiger partial charge is 0.343 e. The highest BCUT2D eigenvalue weighted by molar-refractivity contribution is 6.39. The molecule has 1 amide bonds. The van der Waals surface area contributed by atoms with Crippen LogP contribution in [0.2, 0.25) is 10.0 Å². The number of aryl methyl sites for hydroxylation is 1.